The molecule has 0 aliphatic carbocycles. The van der Waals surface area contributed by atoms with Crippen molar-refractivity contribution in [3.63, 3.8) is 0 Å². The van der Waals surface area contributed by atoms with E-state index >= 15 is 0 Å². The van der Waals surface area contributed by atoms with Gasteiger partial charge in [-0.3, -0.25) is 4.79 Å². The Morgan fingerprint density at radius 2 is 1.75 bits per heavy atom. The quantitative estimate of drug-likeness (QED) is 0.926. The van der Waals surface area contributed by atoms with Gasteiger partial charge in [-0.15, -0.1) is 0 Å². The van der Waals surface area contributed by atoms with E-state index in [0.717, 1.165) is 22.4 Å². The monoisotopic (exact) mass is 268 g/mol. The Morgan fingerprint density at radius 3 is 2.45 bits per heavy atom. The number of rotatable bonds is 4. The van der Waals surface area contributed by atoms with Gasteiger partial charge in [0.05, 0.1) is 0 Å². The molecule has 2 aromatic carbocycles. The van der Waals surface area contributed by atoms with E-state index in [1.54, 1.807) is 4.90 Å². The zero-order valence-electron chi connectivity index (χ0n) is 12.0. The zero-order chi connectivity index (χ0) is 14.5. The molecule has 2 N–H and O–H groups in total. The van der Waals surface area contributed by atoms with Gasteiger partial charge in [0.25, 0.3) is 5.91 Å². The fourth-order valence-corrected chi connectivity index (χ4v) is 2.33. The largest absolute Gasteiger partial charge is 0.330 e. The first-order valence-corrected chi connectivity index (χ1v) is 6.77. The van der Waals surface area contributed by atoms with Gasteiger partial charge in [0.15, 0.2) is 0 Å². The standard InChI is InChI=1S/C17H20N2O/c1-13-7-3-6-10-16(13)19(2)17(20)15-9-5-4-8-14(15)11-12-18/h3-10H,11-12,18H2,1-2H3. The molecular weight excluding hydrogens is 248 g/mol. The molecule has 1 amide bonds. The van der Waals surface area contributed by atoms with Gasteiger partial charge in [0, 0.05) is 18.3 Å². The van der Waals surface area contributed by atoms with Crippen molar-refractivity contribution >= 4 is 11.6 Å². The lowest BCUT2D eigenvalue weighted by atomic mass is 10.0. The molecule has 0 saturated carbocycles. The van der Waals surface area contributed by atoms with Crippen molar-refractivity contribution in [3.05, 3.63) is 65.2 Å². The second-order valence-electron chi connectivity index (χ2n) is 4.85. The summed E-state index contributed by atoms with van der Waals surface area (Å²) in [6.45, 7) is 2.54. The zero-order valence-corrected chi connectivity index (χ0v) is 12.0. The third-order valence-electron chi connectivity index (χ3n) is 3.44. The van der Waals surface area contributed by atoms with Crippen LogP contribution in [0.4, 0.5) is 5.69 Å². The smallest absolute Gasteiger partial charge is 0.258 e. The summed E-state index contributed by atoms with van der Waals surface area (Å²) in [6.07, 6.45) is 0.712. The van der Waals surface area contributed by atoms with Gasteiger partial charge in [-0.2, -0.15) is 0 Å². The van der Waals surface area contributed by atoms with Gasteiger partial charge < -0.3 is 10.6 Å². The highest BCUT2D eigenvalue weighted by Gasteiger charge is 2.17. The number of hydrogen-bond donors (Lipinski definition) is 1. The van der Waals surface area contributed by atoms with Crippen molar-refractivity contribution in [1.29, 1.82) is 0 Å². The Bertz CT molecular complexity index is 607. The van der Waals surface area contributed by atoms with Crippen LogP contribution < -0.4 is 10.6 Å². The van der Waals surface area contributed by atoms with Crippen LogP contribution in [0.2, 0.25) is 0 Å². The first kappa shape index (κ1) is 14.3. The van der Waals surface area contributed by atoms with Crippen LogP contribution in [-0.2, 0) is 6.42 Å². The summed E-state index contributed by atoms with van der Waals surface area (Å²) in [6, 6.07) is 15.5. The molecule has 104 valence electrons. The molecule has 0 aromatic heterocycles. The van der Waals surface area contributed by atoms with E-state index in [0.29, 0.717) is 13.0 Å². The van der Waals surface area contributed by atoms with Crippen LogP contribution in [0.5, 0.6) is 0 Å². The minimum absolute atomic E-state index is 0.00310. The fourth-order valence-electron chi connectivity index (χ4n) is 2.33. The van der Waals surface area contributed by atoms with Gasteiger partial charge in [0.1, 0.15) is 0 Å². The first-order chi connectivity index (χ1) is 9.65. The molecule has 0 aliphatic heterocycles. The normalized spacial score (nSPS) is 10.3. The van der Waals surface area contributed by atoms with Crippen LogP contribution >= 0.6 is 0 Å². The first-order valence-electron chi connectivity index (χ1n) is 6.77. The predicted molar refractivity (Wildman–Crippen MR) is 83.1 cm³/mol. The average molecular weight is 268 g/mol. The number of para-hydroxylation sites is 1. The van der Waals surface area contributed by atoms with Crippen LogP contribution in [0.1, 0.15) is 21.5 Å². The van der Waals surface area contributed by atoms with Crippen molar-refractivity contribution < 1.29 is 4.79 Å². The highest BCUT2D eigenvalue weighted by molar-refractivity contribution is 6.07. The van der Waals surface area contributed by atoms with Gasteiger partial charge in [-0.25, -0.2) is 0 Å². The Kier molecular flexibility index (Phi) is 4.53. The van der Waals surface area contributed by atoms with Gasteiger partial charge in [0.2, 0.25) is 0 Å². The molecule has 0 spiro atoms. The van der Waals surface area contributed by atoms with Crippen LogP contribution in [-0.4, -0.2) is 19.5 Å². The average Bonchev–Trinajstić information content (AvgIpc) is 2.47. The van der Waals surface area contributed by atoms with Gasteiger partial charge in [-0.1, -0.05) is 36.4 Å². The summed E-state index contributed by atoms with van der Waals surface area (Å²) in [4.78, 5) is 14.4. The molecule has 3 nitrogen and oxygen atoms in total. The Labute approximate surface area is 120 Å². The van der Waals surface area contributed by atoms with E-state index in [-0.39, 0.29) is 5.91 Å². The number of nitrogens with two attached hydrogens (primary N) is 1. The van der Waals surface area contributed by atoms with Crippen LogP contribution in [0.15, 0.2) is 48.5 Å². The summed E-state index contributed by atoms with van der Waals surface area (Å²) < 4.78 is 0. The lowest BCUT2D eigenvalue weighted by molar-refractivity contribution is 0.0992. The Balaban J connectivity index is 2.34. The van der Waals surface area contributed by atoms with Crippen LogP contribution in [0.3, 0.4) is 0 Å². The minimum Gasteiger partial charge on any atom is -0.330 e. The molecule has 0 saturated heterocycles. The number of carbonyl (C=O) groups excluding carboxylic acids is 1. The maximum Gasteiger partial charge on any atom is 0.258 e. The van der Waals surface area contributed by atoms with Crippen molar-refractivity contribution in [2.45, 2.75) is 13.3 Å². The van der Waals surface area contributed by atoms with E-state index in [1.807, 2.05) is 62.5 Å². The summed E-state index contributed by atoms with van der Waals surface area (Å²) in [5.74, 6) is 0.00310. The SMILES string of the molecule is Cc1ccccc1N(C)C(=O)c1ccccc1CCN. The number of hydrogen-bond acceptors (Lipinski definition) is 2. The summed E-state index contributed by atoms with van der Waals surface area (Å²) in [7, 11) is 1.81. The number of carbonyl (C=O) groups is 1. The highest BCUT2D eigenvalue weighted by Crippen LogP contribution is 2.21. The lowest BCUT2D eigenvalue weighted by Crippen LogP contribution is -2.28. The summed E-state index contributed by atoms with van der Waals surface area (Å²) in [5, 5.41) is 0. The molecule has 0 unspecified atom stereocenters. The molecule has 20 heavy (non-hydrogen) atoms. The second kappa shape index (κ2) is 6.35. The molecular formula is C17H20N2O. The molecule has 3 heteroatoms. The van der Waals surface area contributed by atoms with Crippen molar-refractivity contribution in [2.75, 3.05) is 18.5 Å². The van der Waals surface area contributed by atoms with Crippen LogP contribution in [0.25, 0.3) is 0 Å². The minimum atomic E-state index is 0.00310. The topological polar surface area (TPSA) is 46.3 Å². The molecule has 0 heterocycles. The van der Waals surface area contributed by atoms with Gasteiger partial charge >= 0.3 is 0 Å². The Hall–Kier alpha value is -2.13. The molecule has 0 bridgehead atoms. The number of nitrogens with zero attached hydrogens (tertiary/aromatic N) is 1. The second-order valence-corrected chi connectivity index (χ2v) is 4.85. The van der Waals surface area contributed by atoms with E-state index in [2.05, 4.69) is 0 Å². The predicted octanol–water partition coefficient (Wildman–Crippen LogP) is 2.77. The fraction of sp³-hybridized carbons (Fsp3) is 0.235. The molecule has 0 fully saturated rings. The lowest BCUT2D eigenvalue weighted by Gasteiger charge is -2.21. The third-order valence-corrected chi connectivity index (χ3v) is 3.44. The number of anilines is 1. The number of aryl methyl sites for hydroxylation is 1. The molecule has 0 aliphatic rings. The van der Waals surface area contributed by atoms with E-state index in [1.165, 1.54) is 0 Å². The maximum atomic E-state index is 12.7. The van der Waals surface area contributed by atoms with Crippen LogP contribution in [0, 0.1) is 6.92 Å². The molecule has 0 radical (unpaired) electrons. The highest BCUT2D eigenvalue weighted by atomic mass is 16.2. The summed E-state index contributed by atoms with van der Waals surface area (Å²) >= 11 is 0. The summed E-state index contributed by atoms with van der Waals surface area (Å²) in [5.41, 5.74) is 9.36. The Morgan fingerprint density at radius 1 is 1.10 bits per heavy atom. The number of benzene rings is 2. The van der Waals surface area contributed by atoms with E-state index in [9.17, 15) is 4.79 Å². The molecule has 2 rings (SSSR count). The maximum absolute atomic E-state index is 12.7. The number of amides is 1. The van der Waals surface area contributed by atoms with Gasteiger partial charge in [-0.05, 0) is 43.1 Å². The van der Waals surface area contributed by atoms with Crippen molar-refractivity contribution in [1.82, 2.24) is 0 Å². The molecule has 0 atom stereocenters. The third kappa shape index (κ3) is 2.89. The van der Waals surface area contributed by atoms with E-state index in [4.69, 9.17) is 5.73 Å². The van der Waals surface area contributed by atoms with Crippen molar-refractivity contribution in [3.8, 4) is 0 Å². The molecule has 2 aromatic rings. The van der Waals surface area contributed by atoms with E-state index < -0.39 is 0 Å². The van der Waals surface area contributed by atoms with Crippen molar-refractivity contribution in [2.24, 2.45) is 5.73 Å².